The highest BCUT2D eigenvalue weighted by Crippen LogP contribution is 2.28. The van der Waals surface area contributed by atoms with E-state index in [2.05, 4.69) is 5.32 Å². The lowest BCUT2D eigenvalue weighted by Crippen LogP contribution is -2.47. The Morgan fingerprint density at radius 2 is 2.17 bits per heavy atom. The van der Waals surface area contributed by atoms with E-state index < -0.39 is 11.4 Å². The Hall–Kier alpha value is -1.64. The molecule has 0 saturated carbocycles. The van der Waals surface area contributed by atoms with E-state index in [4.69, 9.17) is 10.00 Å². The number of nitriles is 1. The molecule has 1 aromatic rings. The molecule has 0 amide bonds. The van der Waals surface area contributed by atoms with Crippen LogP contribution in [0.3, 0.4) is 0 Å². The van der Waals surface area contributed by atoms with E-state index >= 15 is 0 Å². The average molecular weight is 250 g/mol. The van der Waals surface area contributed by atoms with Gasteiger partial charge in [-0.2, -0.15) is 5.26 Å². The Kier molecular flexibility index (Phi) is 3.80. The van der Waals surface area contributed by atoms with Crippen LogP contribution in [0.2, 0.25) is 0 Å². The SMILES string of the molecule is N#Cc1c(F)cccc1NC1(CO)CCOCC1. The molecule has 1 fully saturated rings. The van der Waals surface area contributed by atoms with Gasteiger partial charge in [-0.05, 0) is 25.0 Å². The molecule has 0 atom stereocenters. The fourth-order valence-corrected chi connectivity index (χ4v) is 2.11. The lowest BCUT2D eigenvalue weighted by atomic mass is 9.90. The number of rotatable bonds is 3. The summed E-state index contributed by atoms with van der Waals surface area (Å²) in [6.07, 6.45) is 1.26. The van der Waals surface area contributed by atoms with Gasteiger partial charge in [-0.3, -0.25) is 0 Å². The Morgan fingerprint density at radius 1 is 1.44 bits per heavy atom. The van der Waals surface area contributed by atoms with E-state index in [0.29, 0.717) is 31.7 Å². The Labute approximate surface area is 105 Å². The van der Waals surface area contributed by atoms with Crippen LogP contribution in [0.1, 0.15) is 18.4 Å². The van der Waals surface area contributed by atoms with Gasteiger partial charge in [-0.15, -0.1) is 0 Å². The zero-order valence-corrected chi connectivity index (χ0v) is 9.95. The fourth-order valence-electron chi connectivity index (χ4n) is 2.11. The Bertz CT molecular complexity index is 465. The number of aliphatic hydroxyl groups is 1. The lowest BCUT2D eigenvalue weighted by Gasteiger charge is -2.37. The first-order chi connectivity index (χ1) is 8.71. The van der Waals surface area contributed by atoms with E-state index in [9.17, 15) is 9.50 Å². The van der Waals surface area contributed by atoms with Gasteiger partial charge in [-0.25, -0.2) is 4.39 Å². The normalized spacial score (nSPS) is 18.1. The van der Waals surface area contributed by atoms with Crippen molar-refractivity contribution in [1.29, 1.82) is 5.26 Å². The summed E-state index contributed by atoms with van der Waals surface area (Å²) in [5.74, 6) is -0.553. The van der Waals surface area contributed by atoms with Crippen LogP contribution in [-0.4, -0.2) is 30.5 Å². The number of halogens is 1. The molecule has 1 heterocycles. The molecule has 4 nitrogen and oxygen atoms in total. The molecule has 0 unspecified atom stereocenters. The van der Waals surface area contributed by atoms with Crippen molar-refractivity contribution >= 4 is 5.69 Å². The number of benzene rings is 1. The minimum Gasteiger partial charge on any atom is -0.394 e. The predicted molar refractivity (Wildman–Crippen MR) is 64.6 cm³/mol. The van der Waals surface area contributed by atoms with Gasteiger partial charge in [0.15, 0.2) is 0 Å². The van der Waals surface area contributed by atoms with Gasteiger partial charge in [0.2, 0.25) is 0 Å². The first kappa shape index (κ1) is 12.8. The van der Waals surface area contributed by atoms with Gasteiger partial charge >= 0.3 is 0 Å². The van der Waals surface area contributed by atoms with Crippen LogP contribution < -0.4 is 5.32 Å². The summed E-state index contributed by atoms with van der Waals surface area (Å²) in [4.78, 5) is 0. The number of anilines is 1. The van der Waals surface area contributed by atoms with Crippen molar-refractivity contribution in [2.24, 2.45) is 0 Å². The van der Waals surface area contributed by atoms with Crippen molar-refractivity contribution in [3.05, 3.63) is 29.6 Å². The highest BCUT2D eigenvalue weighted by Gasteiger charge is 2.32. The second-order valence-electron chi connectivity index (χ2n) is 4.45. The van der Waals surface area contributed by atoms with E-state index in [1.165, 1.54) is 6.07 Å². The fraction of sp³-hybridized carbons (Fsp3) is 0.462. The molecule has 0 aliphatic carbocycles. The van der Waals surface area contributed by atoms with E-state index in [1.807, 2.05) is 6.07 Å². The maximum atomic E-state index is 13.5. The predicted octanol–water partition coefficient (Wildman–Crippen LogP) is 1.65. The third kappa shape index (κ3) is 2.45. The van der Waals surface area contributed by atoms with Crippen LogP contribution in [0.5, 0.6) is 0 Å². The topological polar surface area (TPSA) is 65.3 Å². The Morgan fingerprint density at radius 3 is 2.78 bits per heavy atom. The zero-order valence-electron chi connectivity index (χ0n) is 9.95. The molecule has 2 rings (SSSR count). The third-order valence-electron chi connectivity index (χ3n) is 3.28. The molecule has 18 heavy (non-hydrogen) atoms. The number of nitrogens with zero attached hydrogens (tertiary/aromatic N) is 1. The van der Waals surface area contributed by atoms with Crippen molar-refractivity contribution in [3.63, 3.8) is 0 Å². The largest absolute Gasteiger partial charge is 0.394 e. The molecule has 2 N–H and O–H groups in total. The lowest BCUT2D eigenvalue weighted by molar-refractivity contribution is 0.0380. The number of nitrogens with one attached hydrogen (secondary N) is 1. The van der Waals surface area contributed by atoms with Crippen LogP contribution in [0.25, 0.3) is 0 Å². The van der Waals surface area contributed by atoms with Crippen molar-refractivity contribution in [2.45, 2.75) is 18.4 Å². The summed E-state index contributed by atoms with van der Waals surface area (Å²) in [6, 6.07) is 6.29. The maximum Gasteiger partial charge on any atom is 0.143 e. The molecule has 1 saturated heterocycles. The van der Waals surface area contributed by atoms with Crippen molar-refractivity contribution in [2.75, 3.05) is 25.1 Å². The van der Waals surface area contributed by atoms with Crippen molar-refractivity contribution in [3.8, 4) is 6.07 Å². The summed E-state index contributed by atoms with van der Waals surface area (Å²) >= 11 is 0. The molecule has 0 aromatic heterocycles. The van der Waals surface area contributed by atoms with Crippen LogP contribution in [0.15, 0.2) is 18.2 Å². The monoisotopic (exact) mass is 250 g/mol. The van der Waals surface area contributed by atoms with Gasteiger partial charge in [0.1, 0.15) is 17.4 Å². The van der Waals surface area contributed by atoms with E-state index in [0.717, 1.165) is 0 Å². The quantitative estimate of drug-likeness (QED) is 0.856. The first-order valence-electron chi connectivity index (χ1n) is 5.86. The minimum absolute atomic E-state index is 0.0168. The number of hydrogen-bond acceptors (Lipinski definition) is 4. The second-order valence-corrected chi connectivity index (χ2v) is 4.45. The standard InChI is InChI=1S/C13H15FN2O2/c14-11-2-1-3-12(10(11)8-15)16-13(9-17)4-6-18-7-5-13/h1-3,16-17H,4-7,9H2. The summed E-state index contributed by atoms with van der Waals surface area (Å²) < 4.78 is 18.7. The summed E-state index contributed by atoms with van der Waals surface area (Å²) in [5, 5.41) is 21.6. The molecule has 1 aromatic carbocycles. The second kappa shape index (κ2) is 5.34. The summed E-state index contributed by atoms with van der Waals surface area (Å²) in [7, 11) is 0. The Balaban J connectivity index is 2.27. The van der Waals surface area contributed by atoms with Gasteiger partial charge < -0.3 is 15.2 Å². The molecule has 96 valence electrons. The van der Waals surface area contributed by atoms with Crippen LogP contribution >= 0.6 is 0 Å². The van der Waals surface area contributed by atoms with Gasteiger partial charge in [0.05, 0.1) is 17.8 Å². The van der Waals surface area contributed by atoms with Gasteiger partial charge in [-0.1, -0.05) is 6.07 Å². The van der Waals surface area contributed by atoms with Crippen LogP contribution in [0, 0.1) is 17.1 Å². The van der Waals surface area contributed by atoms with Crippen molar-refractivity contribution < 1.29 is 14.2 Å². The molecule has 1 aliphatic rings. The molecular formula is C13H15FN2O2. The average Bonchev–Trinajstić information content (AvgIpc) is 2.40. The van der Waals surface area contributed by atoms with E-state index in [-0.39, 0.29) is 12.2 Å². The highest BCUT2D eigenvalue weighted by molar-refractivity contribution is 5.59. The number of ether oxygens (including phenoxy) is 1. The van der Waals surface area contributed by atoms with Crippen molar-refractivity contribution in [1.82, 2.24) is 0 Å². The van der Waals surface area contributed by atoms with Gasteiger partial charge in [0.25, 0.3) is 0 Å². The van der Waals surface area contributed by atoms with Crippen LogP contribution in [0.4, 0.5) is 10.1 Å². The van der Waals surface area contributed by atoms with Gasteiger partial charge in [0, 0.05) is 13.2 Å². The molecular weight excluding hydrogens is 235 g/mol. The molecule has 5 heteroatoms. The highest BCUT2D eigenvalue weighted by atomic mass is 19.1. The first-order valence-corrected chi connectivity index (χ1v) is 5.86. The molecule has 0 spiro atoms. The number of hydrogen-bond donors (Lipinski definition) is 2. The summed E-state index contributed by atoms with van der Waals surface area (Å²) in [6.45, 7) is 1.02. The molecule has 0 radical (unpaired) electrons. The maximum absolute atomic E-state index is 13.5. The third-order valence-corrected chi connectivity index (χ3v) is 3.28. The zero-order chi connectivity index (χ0) is 13.0. The number of aliphatic hydroxyl groups excluding tert-OH is 1. The summed E-state index contributed by atoms with van der Waals surface area (Å²) in [5.41, 5.74) is -0.122. The molecule has 1 aliphatic heterocycles. The molecule has 0 bridgehead atoms. The van der Waals surface area contributed by atoms with E-state index in [1.54, 1.807) is 12.1 Å². The van der Waals surface area contributed by atoms with Crippen LogP contribution in [-0.2, 0) is 4.74 Å². The smallest absolute Gasteiger partial charge is 0.143 e. The minimum atomic E-state index is -0.553.